The molecule has 1 aliphatic heterocycles. The van der Waals surface area contributed by atoms with Gasteiger partial charge in [0.05, 0.1) is 0 Å². The molecular formula is C16H23N. The maximum atomic E-state index is 2.62. The van der Waals surface area contributed by atoms with Crippen LogP contribution in [0.1, 0.15) is 49.7 Å². The standard InChI is InChI=1S/C16H23N/c1-3-12-13-7-5-6-8-14(13)16-11-17(4-2)10-9-15(12)16/h5-8,12,15-16H,3-4,9-11H2,1-2H3/t12-,15+,16-/m1/s1. The predicted molar refractivity (Wildman–Crippen MR) is 72.4 cm³/mol. The first-order chi connectivity index (χ1) is 8.35. The lowest BCUT2D eigenvalue weighted by Crippen LogP contribution is -2.38. The van der Waals surface area contributed by atoms with E-state index >= 15 is 0 Å². The summed E-state index contributed by atoms with van der Waals surface area (Å²) in [6.07, 6.45) is 2.70. The highest BCUT2D eigenvalue weighted by atomic mass is 15.1. The fraction of sp³-hybridized carbons (Fsp3) is 0.625. The van der Waals surface area contributed by atoms with Gasteiger partial charge in [-0.1, -0.05) is 38.1 Å². The maximum absolute atomic E-state index is 2.62. The van der Waals surface area contributed by atoms with E-state index in [1.807, 2.05) is 0 Å². The van der Waals surface area contributed by atoms with Crippen molar-refractivity contribution in [1.29, 1.82) is 0 Å². The molecule has 3 atom stereocenters. The molecule has 0 bridgehead atoms. The largest absolute Gasteiger partial charge is 0.303 e. The zero-order chi connectivity index (χ0) is 11.8. The second-order valence-electron chi connectivity index (χ2n) is 5.60. The van der Waals surface area contributed by atoms with Crippen LogP contribution < -0.4 is 0 Å². The molecule has 1 heteroatoms. The number of nitrogens with zero attached hydrogens (tertiary/aromatic N) is 1. The summed E-state index contributed by atoms with van der Waals surface area (Å²) >= 11 is 0. The van der Waals surface area contributed by atoms with Gasteiger partial charge in [0.15, 0.2) is 0 Å². The van der Waals surface area contributed by atoms with Crippen molar-refractivity contribution in [2.75, 3.05) is 19.6 Å². The highest BCUT2D eigenvalue weighted by molar-refractivity contribution is 5.40. The Bertz CT molecular complexity index is 398. The molecule has 0 radical (unpaired) electrons. The van der Waals surface area contributed by atoms with Crippen LogP contribution in [0.25, 0.3) is 0 Å². The molecule has 2 aliphatic rings. The fourth-order valence-corrected chi connectivity index (χ4v) is 4.08. The minimum absolute atomic E-state index is 0.810. The molecule has 0 spiro atoms. The summed E-state index contributed by atoms with van der Waals surface area (Å²) in [7, 11) is 0. The van der Waals surface area contributed by atoms with Crippen molar-refractivity contribution in [2.24, 2.45) is 5.92 Å². The molecule has 1 aromatic rings. The number of likely N-dealkylation sites (N-methyl/N-ethyl adjacent to an activating group) is 1. The Labute approximate surface area is 105 Å². The van der Waals surface area contributed by atoms with Gasteiger partial charge in [0.2, 0.25) is 0 Å². The SMILES string of the molecule is CC[C@@H]1c2ccccc2[C@H]2CN(CC)CC[C@@H]12. The van der Waals surface area contributed by atoms with Crippen molar-refractivity contribution in [1.82, 2.24) is 4.90 Å². The normalized spacial score (nSPS) is 32.2. The van der Waals surface area contributed by atoms with Crippen LogP contribution in [0, 0.1) is 5.92 Å². The Morgan fingerprint density at radius 3 is 2.65 bits per heavy atom. The van der Waals surface area contributed by atoms with Crippen LogP contribution in [0.3, 0.4) is 0 Å². The van der Waals surface area contributed by atoms with Crippen LogP contribution in [0.5, 0.6) is 0 Å². The Morgan fingerprint density at radius 2 is 1.94 bits per heavy atom. The summed E-state index contributed by atoms with van der Waals surface area (Å²) < 4.78 is 0. The molecule has 1 saturated heterocycles. The number of likely N-dealkylation sites (tertiary alicyclic amines) is 1. The monoisotopic (exact) mass is 229 g/mol. The van der Waals surface area contributed by atoms with Gasteiger partial charge in [-0.2, -0.15) is 0 Å². The number of piperidine rings is 1. The lowest BCUT2D eigenvalue weighted by Gasteiger charge is -2.36. The van der Waals surface area contributed by atoms with Crippen molar-refractivity contribution in [2.45, 2.75) is 38.5 Å². The van der Waals surface area contributed by atoms with E-state index in [1.165, 1.54) is 32.5 Å². The van der Waals surface area contributed by atoms with Gasteiger partial charge < -0.3 is 4.90 Å². The molecule has 1 nitrogen and oxygen atoms in total. The van der Waals surface area contributed by atoms with Crippen LogP contribution >= 0.6 is 0 Å². The third-order valence-corrected chi connectivity index (χ3v) is 4.95. The van der Waals surface area contributed by atoms with Crippen LogP contribution in [-0.4, -0.2) is 24.5 Å². The van der Waals surface area contributed by atoms with Gasteiger partial charge in [0.1, 0.15) is 0 Å². The van der Waals surface area contributed by atoms with Crippen molar-refractivity contribution in [3.63, 3.8) is 0 Å². The van der Waals surface area contributed by atoms with E-state index in [9.17, 15) is 0 Å². The molecule has 0 N–H and O–H groups in total. The summed E-state index contributed by atoms with van der Waals surface area (Å²) in [4.78, 5) is 2.62. The van der Waals surface area contributed by atoms with Crippen molar-refractivity contribution in [3.05, 3.63) is 35.4 Å². The number of hydrogen-bond donors (Lipinski definition) is 0. The van der Waals surface area contributed by atoms with Crippen LogP contribution in [0.4, 0.5) is 0 Å². The molecule has 0 amide bonds. The van der Waals surface area contributed by atoms with Gasteiger partial charge >= 0.3 is 0 Å². The number of fused-ring (bicyclic) bond motifs is 3. The van der Waals surface area contributed by atoms with Crippen LogP contribution in [0.2, 0.25) is 0 Å². The third kappa shape index (κ3) is 1.72. The number of rotatable bonds is 2. The number of benzene rings is 1. The molecule has 1 aromatic carbocycles. The summed E-state index contributed by atoms with van der Waals surface area (Å²) in [5.41, 5.74) is 3.31. The van der Waals surface area contributed by atoms with E-state index in [2.05, 4.69) is 43.0 Å². The predicted octanol–water partition coefficient (Wildman–Crippen LogP) is 3.62. The fourth-order valence-electron chi connectivity index (χ4n) is 4.08. The molecule has 92 valence electrons. The quantitative estimate of drug-likeness (QED) is 0.748. The molecular weight excluding hydrogens is 206 g/mol. The third-order valence-electron chi connectivity index (χ3n) is 4.95. The highest BCUT2D eigenvalue weighted by Crippen LogP contribution is 2.51. The van der Waals surface area contributed by atoms with Gasteiger partial charge in [-0.25, -0.2) is 0 Å². The van der Waals surface area contributed by atoms with Crippen molar-refractivity contribution in [3.8, 4) is 0 Å². The molecule has 0 unspecified atom stereocenters. The summed E-state index contributed by atoms with van der Waals surface area (Å²) in [5.74, 6) is 2.56. The average molecular weight is 229 g/mol. The molecule has 0 aromatic heterocycles. The Kier molecular flexibility index (Phi) is 2.96. The molecule has 1 heterocycles. The summed E-state index contributed by atoms with van der Waals surface area (Å²) in [6.45, 7) is 8.45. The van der Waals surface area contributed by atoms with E-state index in [0.29, 0.717) is 0 Å². The lowest BCUT2D eigenvalue weighted by molar-refractivity contribution is 0.160. The first-order valence-electron chi connectivity index (χ1n) is 7.16. The topological polar surface area (TPSA) is 3.24 Å². The lowest BCUT2D eigenvalue weighted by atomic mass is 9.80. The minimum Gasteiger partial charge on any atom is -0.303 e. The molecule has 1 fully saturated rings. The van der Waals surface area contributed by atoms with E-state index in [4.69, 9.17) is 0 Å². The van der Waals surface area contributed by atoms with Crippen LogP contribution in [0.15, 0.2) is 24.3 Å². The first-order valence-corrected chi connectivity index (χ1v) is 7.16. The second kappa shape index (κ2) is 4.45. The zero-order valence-electron chi connectivity index (χ0n) is 11.0. The van der Waals surface area contributed by atoms with E-state index in [1.54, 1.807) is 11.1 Å². The van der Waals surface area contributed by atoms with Crippen LogP contribution in [-0.2, 0) is 0 Å². The zero-order valence-corrected chi connectivity index (χ0v) is 11.0. The Hall–Kier alpha value is -0.820. The average Bonchev–Trinajstić information content (AvgIpc) is 2.71. The van der Waals surface area contributed by atoms with E-state index < -0.39 is 0 Å². The summed E-state index contributed by atoms with van der Waals surface area (Å²) in [6, 6.07) is 9.19. The van der Waals surface area contributed by atoms with Gasteiger partial charge in [-0.15, -0.1) is 0 Å². The maximum Gasteiger partial charge on any atom is 0.00532 e. The first kappa shape index (κ1) is 11.3. The highest BCUT2D eigenvalue weighted by Gasteiger charge is 2.41. The number of hydrogen-bond acceptors (Lipinski definition) is 1. The smallest absolute Gasteiger partial charge is 0.00532 e. The molecule has 3 rings (SSSR count). The van der Waals surface area contributed by atoms with Gasteiger partial charge in [-0.05, 0) is 48.9 Å². The van der Waals surface area contributed by atoms with E-state index in [-0.39, 0.29) is 0 Å². The molecule has 1 aliphatic carbocycles. The molecule has 17 heavy (non-hydrogen) atoms. The minimum atomic E-state index is 0.810. The van der Waals surface area contributed by atoms with Crippen molar-refractivity contribution >= 4 is 0 Å². The Balaban J connectivity index is 1.96. The van der Waals surface area contributed by atoms with Gasteiger partial charge in [0.25, 0.3) is 0 Å². The van der Waals surface area contributed by atoms with E-state index in [0.717, 1.165) is 17.8 Å². The Morgan fingerprint density at radius 1 is 1.18 bits per heavy atom. The van der Waals surface area contributed by atoms with Gasteiger partial charge in [-0.3, -0.25) is 0 Å². The molecule has 0 saturated carbocycles. The van der Waals surface area contributed by atoms with Gasteiger partial charge in [0, 0.05) is 12.5 Å². The van der Waals surface area contributed by atoms with Crippen molar-refractivity contribution < 1.29 is 0 Å². The second-order valence-corrected chi connectivity index (χ2v) is 5.60. The summed E-state index contributed by atoms with van der Waals surface area (Å²) in [5, 5.41) is 0.